The molecule has 2 aromatic rings. The highest BCUT2D eigenvalue weighted by Crippen LogP contribution is 2.24. The number of hydrogen-bond donors (Lipinski definition) is 0. The Hall–Kier alpha value is -1.89. The third-order valence-corrected chi connectivity index (χ3v) is 5.99. The smallest absolute Gasteiger partial charge is 0.195 e. The summed E-state index contributed by atoms with van der Waals surface area (Å²) in [5.74, 6) is 0.739. The fraction of sp³-hybridized carbons (Fsp3) is 0.500. The molecule has 0 bridgehead atoms. The van der Waals surface area contributed by atoms with Gasteiger partial charge in [-0.25, -0.2) is 0 Å². The quantitative estimate of drug-likeness (QED) is 0.464. The maximum Gasteiger partial charge on any atom is 0.213 e. The standard InChI is InChI=1S/C26H38N/c1-9-10-11-12-18(2)15-21(5)24-13-14-26(27(8)23(24)7)25-17-19(3)16-20(4)22(25)6/h13-14,16-18H,7,9-12,15H2,1-6,8H3/q+1. The van der Waals surface area contributed by atoms with Crippen molar-refractivity contribution in [2.45, 2.75) is 73.6 Å². The SMILES string of the molecule is C=c1c(=C(C)CC(C)CCCCC)ccc(-c2cc(C)cc(C)c2C)[n+]1C. The Morgan fingerprint density at radius 2 is 1.81 bits per heavy atom. The number of benzene rings is 1. The summed E-state index contributed by atoms with van der Waals surface area (Å²) in [6.07, 6.45) is 6.48. The molecule has 0 spiro atoms. The Balaban J connectivity index is 2.42. The lowest BCUT2D eigenvalue weighted by Crippen LogP contribution is -2.55. The second-order valence-corrected chi connectivity index (χ2v) is 8.48. The van der Waals surface area contributed by atoms with Gasteiger partial charge in [-0.05, 0) is 69.9 Å². The molecular formula is C26H38N+. The largest absolute Gasteiger partial charge is 0.213 e. The molecule has 0 aliphatic rings. The molecule has 2 rings (SSSR count). The lowest BCUT2D eigenvalue weighted by molar-refractivity contribution is -0.674. The second-order valence-electron chi connectivity index (χ2n) is 8.48. The van der Waals surface area contributed by atoms with E-state index < -0.39 is 0 Å². The van der Waals surface area contributed by atoms with Crippen LogP contribution in [0.25, 0.3) is 23.4 Å². The molecule has 1 atom stereocenters. The zero-order valence-corrected chi connectivity index (χ0v) is 18.6. The molecule has 146 valence electrons. The van der Waals surface area contributed by atoms with Gasteiger partial charge in [0, 0.05) is 16.8 Å². The summed E-state index contributed by atoms with van der Waals surface area (Å²) in [6.45, 7) is 18.0. The highest BCUT2D eigenvalue weighted by molar-refractivity contribution is 5.64. The topological polar surface area (TPSA) is 3.88 Å². The average Bonchev–Trinajstić information content (AvgIpc) is 2.60. The maximum absolute atomic E-state index is 4.43. The number of hydrogen-bond acceptors (Lipinski definition) is 0. The zero-order chi connectivity index (χ0) is 20.1. The molecule has 27 heavy (non-hydrogen) atoms. The molecule has 1 aromatic carbocycles. The summed E-state index contributed by atoms with van der Waals surface area (Å²) in [4.78, 5) is 0. The van der Waals surface area contributed by atoms with Crippen LogP contribution in [0.4, 0.5) is 0 Å². The van der Waals surface area contributed by atoms with Crippen molar-refractivity contribution in [3.63, 3.8) is 0 Å². The van der Waals surface area contributed by atoms with Crippen molar-refractivity contribution in [2.75, 3.05) is 0 Å². The van der Waals surface area contributed by atoms with E-state index in [1.807, 2.05) is 0 Å². The Bertz CT molecular complexity index is 905. The predicted octanol–water partition coefficient (Wildman–Crippen LogP) is 5.29. The number of unbranched alkanes of at least 4 members (excludes halogenated alkanes) is 2. The van der Waals surface area contributed by atoms with E-state index in [1.165, 1.54) is 64.4 Å². The van der Waals surface area contributed by atoms with Crippen LogP contribution in [0, 0.1) is 26.7 Å². The van der Waals surface area contributed by atoms with Gasteiger partial charge in [-0.15, -0.1) is 0 Å². The van der Waals surface area contributed by atoms with Gasteiger partial charge in [0.05, 0.1) is 0 Å². The van der Waals surface area contributed by atoms with Gasteiger partial charge in [0.2, 0.25) is 11.0 Å². The van der Waals surface area contributed by atoms with E-state index in [0.717, 1.165) is 17.7 Å². The molecule has 1 heterocycles. The fourth-order valence-corrected chi connectivity index (χ4v) is 4.14. The van der Waals surface area contributed by atoms with Crippen LogP contribution in [0.3, 0.4) is 0 Å². The first-order valence-electron chi connectivity index (χ1n) is 10.5. The minimum absolute atomic E-state index is 0.739. The van der Waals surface area contributed by atoms with Gasteiger partial charge in [0.1, 0.15) is 7.05 Å². The Labute approximate surface area is 166 Å². The van der Waals surface area contributed by atoms with Gasteiger partial charge in [0.15, 0.2) is 0 Å². The number of rotatable bonds is 7. The zero-order valence-electron chi connectivity index (χ0n) is 18.6. The Morgan fingerprint density at radius 1 is 1.11 bits per heavy atom. The van der Waals surface area contributed by atoms with E-state index in [-0.39, 0.29) is 0 Å². The molecular weight excluding hydrogens is 326 g/mol. The molecule has 0 fully saturated rings. The molecule has 1 nitrogen and oxygen atoms in total. The third-order valence-electron chi connectivity index (χ3n) is 5.99. The van der Waals surface area contributed by atoms with Crippen molar-refractivity contribution < 1.29 is 4.57 Å². The minimum atomic E-state index is 0.739. The molecule has 0 aliphatic heterocycles. The molecule has 1 aromatic heterocycles. The molecule has 1 unspecified atom stereocenters. The van der Waals surface area contributed by atoms with Crippen molar-refractivity contribution in [3.8, 4) is 11.3 Å². The monoisotopic (exact) mass is 364 g/mol. The summed E-state index contributed by atoms with van der Waals surface area (Å²) in [5.41, 5.74) is 8.04. The van der Waals surface area contributed by atoms with E-state index in [9.17, 15) is 0 Å². The lowest BCUT2D eigenvalue weighted by atomic mass is 9.94. The predicted molar refractivity (Wildman–Crippen MR) is 119 cm³/mol. The maximum atomic E-state index is 4.43. The Kier molecular flexibility index (Phi) is 7.41. The Morgan fingerprint density at radius 3 is 2.48 bits per heavy atom. The van der Waals surface area contributed by atoms with Gasteiger partial charge >= 0.3 is 0 Å². The van der Waals surface area contributed by atoms with Crippen LogP contribution in [-0.2, 0) is 7.05 Å². The van der Waals surface area contributed by atoms with Gasteiger partial charge in [-0.3, -0.25) is 0 Å². The molecule has 0 amide bonds. The van der Waals surface area contributed by atoms with Gasteiger partial charge < -0.3 is 0 Å². The molecule has 0 saturated heterocycles. The molecule has 0 N–H and O–H groups in total. The van der Waals surface area contributed by atoms with E-state index in [2.05, 4.69) is 84.0 Å². The number of nitrogens with zero attached hydrogens (tertiary/aromatic N) is 1. The minimum Gasteiger partial charge on any atom is -0.195 e. The van der Waals surface area contributed by atoms with Crippen LogP contribution < -0.4 is 15.1 Å². The number of pyridine rings is 1. The fourth-order valence-electron chi connectivity index (χ4n) is 4.14. The van der Waals surface area contributed by atoms with Gasteiger partial charge in [-0.1, -0.05) is 56.7 Å². The molecule has 1 heteroatoms. The van der Waals surface area contributed by atoms with E-state index in [4.69, 9.17) is 0 Å². The highest BCUT2D eigenvalue weighted by Gasteiger charge is 2.16. The summed E-state index contributed by atoms with van der Waals surface area (Å²) in [7, 11) is 2.15. The van der Waals surface area contributed by atoms with Crippen LogP contribution in [0.1, 0.15) is 69.6 Å². The second kappa shape index (κ2) is 9.35. The third kappa shape index (κ3) is 5.09. The van der Waals surface area contributed by atoms with Crippen molar-refractivity contribution in [3.05, 3.63) is 51.5 Å². The van der Waals surface area contributed by atoms with Crippen LogP contribution in [0.15, 0.2) is 24.3 Å². The van der Waals surface area contributed by atoms with Crippen LogP contribution in [0.2, 0.25) is 0 Å². The molecule has 0 aliphatic carbocycles. The lowest BCUT2D eigenvalue weighted by Gasteiger charge is -2.12. The van der Waals surface area contributed by atoms with Crippen molar-refractivity contribution in [2.24, 2.45) is 13.0 Å². The van der Waals surface area contributed by atoms with Crippen molar-refractivity contribution in [1.82, 2.24) is 0 Å². The average molecular weight is 365 g/mol. The summed E-state index contributed by atoms with van der Waals surface area (Å²) in [5, 5.41) is 2.43. The van der Waals surface area contributed by atoms with Crippen molar-refractivity contribution in [1.29, 1.82) is 0 Å². The number of aromatic nitrogens is 1. The number of aryl methyl sites for hydroxylation is 2. The summed E-state index contributed by atoms with van der Waals surface area (Å²) < 4.78 is 2.27. The normalized spacial score (nSPS) is 13.6. The van der Waals surface area contributed by atoms with Gasteiger partial charge in [0.25, 0.3) is 0 Å². The van der Waals surface area contributed by atoms with Crippen LogP contribution >= 0.6 is 0 Å². The molecule has 0 radical (unpaired) electrons. The van der Waals surface area contributed by atoms with Crippen LogP contribution in [-0.4, -0.2) is 0 Å². The first-order chi connectivity index (χ1) is 12.8. The van der Waals surface area contributed by atoms with E-state index >= 15 is 0 Å². The summed E-state index contributed by atoms with van der Waals surface area (Å²) in [6, 6.07) is 9.11. The summed E-state index contributed by atoms with van der Waals surface area (Å²) >= 11 is 0. The van der Waals surface area contributed by atoms with Crippen LogP contribution in [0.5, 0.6) is 0 Å². The molecule has 0 saturated carbocycles. The highest BCUT2D eigenvalue weighted by atomic mass is 14.9. The van der Waals surface area contributed by atoms with Crippen molar-refractivity contribution >= 4 is 12.2 Å². The van der Waals surface area contributed by atoms with E-state index in [0.29, 0.717) is 0 Å². The van der Waals surface area contributed by atoms with Gasteiger partial charge in [-0.2, -0.15) is 4.57 Å². The first kappa shape index (κ1) is 21.4. The first-order valence-corrected chi connectivity index (χ1v) is 10.5. The van der Waals surface area contributed by atoms with E-state index in [1.54, 1.807) is 0 Å².